The third kappa shape index (κ3) is 3.26. The van der Waals surface area contributed by atoms with Crippen molar-refractivity contribution in [3.8, 4) is 0 Å². The zero-order chi connectivity index (χ0) is 13.2. The number of hydrogen-bond acceptors (Lipinski definition) is 5. The van der Waals surface area contributed by atoms with Crippen LogP contribution in [0.4, 0.5) is 0 Å². The molecule has 0 bridgehead atoms. The van der Waals surface area contributed by atoms with Gasteiger partial charge in [-0.25, -0.2) is 0 Å². The maximum Gasteiger partial charge on any atom is 0.264 e. The van der Waals surface area contributed by atoms with Crippen LogP contribution < -0.4 is 5.32 Å². The molecule has 0 aromatic carbocycles. The summed E-state index contributed by atoms with van der Waals surface area (Å²) in [6.07, 6.45) is 3.54. The first kappa shape index (κ1) is 13.4. The number of likely N-dealkylation sites (tertiary alicyclic amines) is 1. The van der Waals surface area contributed by atoms with Crippen LogP contribution in [0.2, 0.25) is 0 Å². The highest BCUT2D eigenvalue weighted by Crippen LogP contribution is 2.20. The van der Waals surface area contributed by atoms with Crippen molar-refractivity contribution in [3.63, 3.8) is 0 Å². The summed E-state index contributed by atoms with van der Waals surface area (Å²) >= 11 is 1.14. The Morgan fingerprint density at radius 2 is 2.11 bits per heavy atom. The highest BCUT2D eigenvalue weighted by atomic mass is 32.1. The van der Waals surface area contributed by atoms with Crippen molar-refractivity contribution >= 4 is 17.4 Å². The molecule has 1 aromatic rings. The van der Waals surface area contributed by atoms with Gasteiger partial charge >= 0.3 is 0 Å². The normalized spacial score (nSPS) is 18.8. The second-order valence-corrected chi connectivity index (χ2v) is 6.47. The lowest BCUT2D eigenvalue weighted by atomic mass is 9.98. The lowest BCUT2D eigenvalue weighted by Crippen LogP contribution is -2.50. The Balaban J connectivity index is 1.82. The molecule has 1 amide bonds. The smallest absolute Gasteiger partial charge is 0.264 e. The van der Waals surface area contributed by atoms with Crippen molar-refractivity contribution in [2.24, 2.45) is 0 Å². The molecule has 100 valence electrons. The molecule has 0 unspecified atom stereocenters. The molecule has 0 radical (unpaired) electrons. The predicted molar refractivity (Wildman–Crippen MR) is 71.7 cm³/mol. The van der Waals surface area contributed by atoms with Crippen molar-refractivity contribution in [1.29, 1.82) is 0 Å². The van der Waals surface area contributed by atoms with Crippen molar-refractivity contribution < 1.29 is 4.79 Å². The molecular formula is C12H20N4OS. The standard InChI is InChI=1S/C12H20N4OS/c1-12(2,3)16-6-4-9(5-7-16)14-11(17)10-8-13-15-18-10/h8-9H,4-7H2,1-3H3,(H,14,17). The summed E-state index contributed by atoms with van der Waals surface area (Å²) in [4.78, 5) is 14.9. The van der Waals surface area contributed by atoms with Crippen LogP contribution >= 0.6 is 11.5 Å². The van der Waals surface area contributed by atoms with Crippen LogP contribution in [0.25, 0.3) is 0 Å². The summed E-state index contributed by atoms with van der Waals surface area (Å²) in [6, 6.07) is 0.276. The predicted octanol–water partition coefficient (Wildman–Crippen LogP) is 1.53. The van der Waals surface area contributed by atoms with Gasteiger partial charge in [0.1, 0.15) is 4.88 Å². The fraction of sp³-hybridized carbons (Fsp3) is 0.750. The molecule has 1 aliphatic heterocycles. The number of aromatic nitrogens is 2. The summed E-state index contributed by atoms with van der Waals surface area (Å²) in [7, 11) is 0. The van der Waals surface area contributed by atoms with Crippen molar-refractivity contribution in [2.75, 3.05) is 13.1 Å². The Kier molecular flexibility index (Phi) is 3.97. The lowest BCUT2D eigenvalue weighted by molar-refractivity contribution is 0.0815. The second-order valence-electron chi connectivity index (χ2n) is 5.69. The molecule has 1 aliphatic rings. The third-order valence-electron chi connectivity index (χ3n) is 3.36. The van der Waals surface area contributed by atoms with E-state index in [1.54, 1.807) is 0 Å². The van der Waals surface area contributed by atoms with E-state index in [9.17, 15) is 4.79 Å². The molecule has 0 aliphatic carbocycles. The summed E-state index contributed by atoms with van der Waals surface area (Å²) in [5.74, 6) is -0.0424. The molecule has 1 saturated heterocycles. The van der Waals surface area contributed by atoms with E-state index in [-0.39, 0.29) is 17.5 Å². The summed E-state index contributed by atoms with van der Waals surface area (Å²) in [5, 5.41) is 6.74. The van der Waals surface area contributed by atoms with Gasteiger partial charge in [-0.2, -0.15) is 0 Å². The number of carbonyl (C=O) groups excluding carboxylic acids is 1. The Hall–Kier alpha value is -1.01. The van der Waals surface area contributed by atoms with Crippen LogP contribution in [-0.2, 0) is 0 Å². The first-order valence-electron chi connectivity index (χ1n) is 6.30. The molecule has 18 heavy (non-hydrogen) atoms. The molecule has 6 heteroatoms. The summed E-state index contributed by atoms with van der Waals surface area (Å²) < 4.78 is 3.70. The molecule has 0 spiro atoms. The van der Waals surface area contributed by atoms with Crippen LogP contribution in [0.1, 0.15) is 43.3 Å². The third-order valence-corrected chi connectivity index (χ3v) is 4.03. The number of nitrogens with one attached hydrogen (secondary N) is 1. The number of nitrogens with zero attached hydrogens (tertiary/aromatic N) is 3. The zero-order valence-corrected chi connectivity index (χ0v) is 12.0. The zero-order valence-electron chi connectivity index (χ0n) is 11.1. The first-order chi connectivity index (χ1) is 8.47. The van der Waals surface area contributed by atoms with E-state index >= 15 is 0 Å². The molecule has 1 aromatic heterocycles. The highest BCUT2D eigenvalue weighted by molar-refractivity contribution is 7.07. The Morgan fingerprint density at radius 1 is 1.44 bits per heavy atom. The van der Waals surface area contributed by atoms with E-state index in [1.807, 2.05) is 0 Å². The maximum atomic E-state index is 11.9. The number of amides is 1. The fourth-order valence-electron chi connectivity index (χ4n) is 2.22. The summed E-state index contributed by atoms with van der Waals surface area (Å²) in [5.41, 5.74) is 0.219. The molecule has 0 saturated carbocycles. The van der Waals surface area contributed by atoms with E-state index in [0.717, 1.165) is 37.5 Å². The molecule has 5 nitrogen and oxygen atoms in total. The van der Waals surface area contributed by atoms with Gasteiger partial charge in [-0.05, 0) is 45.1 Å². The molecule has 2 rings (SSSR count). The number of hydrogen-bond donors (Lipinski definition) is 1. The van der Waals surface area contributed by atoms with Gasteiger partial charge in [0.25, 0.3) is 5.91 Å². The summed E-state index contributed by atoms with van der Waals surface area (Å²) in [6.45, 7) is 8.77. The largest absolute Gasteiger partial charge is 0.348 e. The van der Waals surface area contributed by atoms with Crippen LogP contribution in [-0.4, -0.2) is 45.1 Å². The van der Waals surface area contributed by atoms with E-state index in [4.69, 9.17) is 0 Å². The van der Waals surface area contributed by atoms with Gasteiger partial charge in [0, 0.05) is 24.7 Å². The Bertz CT molecular complexity index is 391. The van der Waals surface area contributed by atoms with Gasteiger partial charge < -0.3 is 5.32 Å². The quantitative estimate of drug-likeness (QED) is 0.884. The van der Waals surface area contributed by atoms with Crippen LogP contribution in [0.5, 0.6) is 0 Å². The van der Waals surface area contributed by atoms with E-state index in [0.29, 0.717) is 4.88 Å². The number of piperidine rings is 1. The highest BCUT2D eigenvalue weighted by Gasteiger charge is 2.27. The molecule has 2 heterocycles. The van der Waals surface area contributed by atoms with Crippen LogP contribution in [0.3, 0.4) is 0 Å². The van der Waals surface area contributed by atoms with E-state index in [1.165, 1.54) is 6.20 Å². The minimum Gasteiger partial charge on any atom is -0.348 e. The van der Waals surface area contributed by atoms with Gasteiger partial charge in [0.2, 0.25) is 0 Å². The van der Waals surface area contributed by atoms with Gasteiger partial charge in [-0.15, -0.1) is 5.10 Å². The van der Waals surface area contributed by atoms with Gasteiger partial charge in [0.05, 0.1) is 6.20 Å². The Labute approximate surface area is 112 Å². The van der Waals surface area contributed by atoms with Crippen molar-refractivity contribution in [2.45, 2.75) is 45.2 Å². The molecule has 1 fully saturated rings. The van der Waals surface area contributed by atoms with Gasteiger partial charge in [-0.1, -0.05) is 4.49 Å². The monoisotopic (exact) mass is 268 g/mol. The van der Waals surface area contributed by atoms with E-state index < -0.39 is 0 Å². The lowest BCUT2D eigenvalue weighted by Gasteiger charge is -2.40. The number of rotatable bonds is 2. The molecule has 1 N–H and O–H groups in total. The molecular weight excluding hydrogens is 248 g/mol. The van der Waals surface area contributed by atoms with Crippen LogP contribution in [0, 0.1) is 0 Å². The van der Waals surface area contributed by atoms with Crippen molar-refractivity contribution in [1.82, 2.24) is 19.8 Å². The minimum atomic E-state index is -0.0424. The van der Waals surface area contributed by atoms with Gasteiger partial charge in [0.15, 0.2) is 0 Å². The average Bonchev–Trinajstić information content (AvgIpc) is 2.82. The SMILES string of the molecule is CC(C)(C)N1CCC(NC(=O)c2cnns2)CC1. The molecule has 0 atom stereocenters. The van der Waals surface area contributed by atoms with E-state index in [2.05, 4.69) is 40.6 Å². The number of carbonyl (C=O) groups is 1. The minimum absolute atomic E-state index is 0.0424. The van der Waals surface area contributed by atoms with Crippen molar-refractivity contribution in [3.05, 3.63) is 11.1 Å². The fourth-order valence-corrected chi connectivity index (χ4v) is 2.64. The Morgan fingerprint density at radius 3 is 2.61 bits per heavy atom. The maximum absolute atomic E-state index is 11.9. The average molecular weight is 268 g/mol. The second kappa shape index (κ2) is 5.32. The van der Waals surface area contributed by atoms with Gasteiger partial charge in [-0.3, -0.25) is 9.69 Å². The first-order valence-corrected chi connectivity index (χ1v) is 7.07. The van der Waals surface area contributed by atoms with Crippen LogP contribution in [0.15, 0.2) is 6.20 Å². The topological polar surface area (TPSA) is 58.1 Å².